The maximum Gasteiger partial charge on any atom is 0.433 e. The molecule has 0 aliphatic rings. The minimum atomic E-state index is -4.74. The topological polar surface area (TPSA) is 72.2 Å². The first-order chi connectivity index (χ1) is 12.6. The molecule has 27 heavy (non-hydrogen) atoms. The fraction of sp³-hybridized carbons (Fsp3) is 0.167. The van der Waals surface area contributed by atoms with Crippen LogP contribution < -0.4 is 4.72 Å². The predicted molar refractivity (Wildman–Crippen MR) is 93.7 cm³/mol. The quantitative estimate of drug-likeness (QED) is 0.689. The Hall–Kier alpha value is -2.81. The van der Waals surface area contributed by atoms with Crippen molar-refractivity contribution < 1.29 is 26.0 Å². The lowest BCUT2D eigenvalue weighted by Gasteiger charge is -2.13. The van der Waals surface area contributed by atoms with Crippen molar-refractivity contribution in [3.63, 3.8) is 0 Å². The van der Waals surface area contributed by atoms with Crippen LogP contribution in [0.5, 0.6) is 0 Å². The van der Waals surface area contributed by atoms with Gasteiger partial charge in [0.25, 0.3) is 10.0 Å². The number of nitrogens with zero attached hydrogens (tertiary/aromatic N) is 1. The summed E-state index contributed by atoms with van der Waals surface area (Å²) in [5.41, 5.74) is 0.210. The molecule has 0 fully saturated rings. The molecule has 0 amide bonds. The third kappa shape index (κ3) is 4.13. The van der Waals surface area contributed by atoms with E-state index in [1.54, 1.807) is 44.2 Å². The fourth-order valence-electron chi connectivity index (χ4n) is 2.41. The number of halogens is 3. The van der Waals surface area contributed by atoms with Crippen LogP contribution in [0.25, 0.3) is 11.3 Å². The number of hydrogen-bond acceptors (Lipinski definition) is 4. The number of nitrogens with one attached hydrogen (secondary N) is 1. The Labute approximate surface area is 153 Å². The average Bonchev–Trinajstić information content (AvgIpc) is 3.02. The molecule has 0 atom stereocenters. The van der Waals surface area contributed by atoms with E-state index in [0.717, 1.165) is 12.3 Å². The monoisotopic (exact) mass is 396 g/mol. The molecule has 2 heterocycles. The van der Waals surface area contributed by atoms with Gasteiger partial charge in [-0.05, 0) is 49.7 Å². The van der Waals surface area contributed by atoms with Gasteiger partial charge in [-0.25, -0.2) is 8.42 Å². The second-order valence-corrected chi connectivity index (χ2v) is 7.60. The summed E-state index contributed by atoms with van der Waals surface area (Å²) in [6, 6.07) is 10.0. The molecule has 0 spiro atoms. The molecule has 0 radical (unpaired) electrons. The minimum absolute atomic E-state index is 0.243. The highest BCUT2D eigenvalue weighted by Crippen LogP contribution is 2.31. The van der Waals surface area contributed by atoms with E-state index >= 15 is 0 Å². The molecule has 3 rings (SSSR count). The summed E-state index contributed by atoms with van der Waals surface area (Å²) in [6.07, 6.45) is -3.93. The summed E-state index contributed by atoms with van der Waals surface area (Å²) in [5, 5.41) is 0. The first kappa shape index (κ1) is 19.0. The van der Waals surface area contributed by atoms with E-state index in [9.17, 15) is 21.6 Å². The van der Waals surface area contributed by atoms with E-state index in [2.05, 4.69) is 9.71 Å². The van der Waals surface area contributed by atoms with E-state index in [4.69, 9.17) is 4.42 Å². The van der Waals surface area contributed by atoms with Crippen LogP contribution in [-0.4, -0.2) is 13.4 Å². The van der Waals surface area contributed by atoms with Crippen LogP contribution in [0.4, 0.5) is 18.9 Å². The molecule has 0 saturated heterocycles. The zero-order chi connectivity index (χ0) is 19.8. The zero-order valence-electron chi connectivity index (χ0n) is 14.3. The van der Waals surface area contributed by atoms with Crippen LogP contribution in [0.3, 0.4) is 0 Å². The number of aryl methyl sites for hydroxylation is 2. The van der Waals surface area contributed by atoms with Gasteiger partial charge in [-0.15, -0.1) is 0 Å². The third-order valence-electron chi connectivity index (χ3n) is 3.84. The zero-order valence-corrected chi connectivity index (χ0v) is 15.1. The normalized spacial score (nSPS) is 12.2. The van der Waals surface area contributed by atoms with E-state index in [0.29, 0.717) is 28.7 Å². The van der Waals surface area contributed by atoms with E-state index in [1.165, 1.54) is 0 Å². The molecule has 3 aromatic rings. The second kappa shape index (κ2) is 6.73. The van der Waals surface area contributed by atoms with Crippen LogP contribution in [0.2, 0.25) is 0 Å². The van der Waals surface area contributed by atoms with Gasteiger partial charge >= 0.3 is 6.18 Å². The average molecular weight is 396 g/mol. The molecule has 0 aliphatic heterocycles. The van der Waals surface area contributed by atoms with Crippen LogP contribution in [0, 0.1) is 13.8 Å². The van der Waals surface area contributed by atoms with Gasteiger partial charge in [0, 0.05) is 11.8 Å². The van der Waals surface area contributed by atoms with E-state index < -0.39 is 26.8 Å². The summed E-state index contributed by atoms with van der Waals surface area (Å²) in [7, 11) is -4.23. The summed E-state index contributed by atoms with van der Waals surface area (Å²) in [5.74, 6) is 1.25. The predicted octanol–water partition coefficient (Wildman–Crippen LogP) is 4.78. The van der Waals surface area contributed by atoms with Crippen molar-refractivity contribution >= 4 is 15.7 Å². The summed E-state index contributed by atoms with van der Waals surface area (Å²) < 4.78 is 71.4. The Balaban J connectivity index is 1.97. The van der Waals surface area contributed by atoms with Crippen LogP contribution in [-0.2, 0) is 16.2 Å². The number of pyridine rings is 1. The van der Waals surface area contributed by atoms with Gasteiger partial charge in [0.2, 0.25) is 0 Å². The molecule has 0 bridgehead atoms. The number of anilines is 1. The molecule has 0 aliphatic carbocycles. The van der Waals surface area contributed by atoms with Crippen molar-refractivity contribution in [2.75, 3.05) is 4.72 Å². The van der Waals surface area contributed by atoms with Crippen LogP contribution >= 0.6 is 0 Å². The molecule has 0 unspecified atom stereocenters. The molecule has 142 valence electrons. The van der Waals surface area contributed by atoms with Crippen molar-refractivity contribution in [2.24, 2.45) is 0 Å². The third-order valence-corrected chi connectivity index (χ3v) is 5.20. The highest BCUT2D eigenvalue weighted by Gasteiger charge is 2.33. The van der Waals surface area contributed by atoms with Gasteiger partial charge in [-0.3, -0.25) is 9.71 Å². The van der Waals surface area contributed by atoms with Gasteiger partial charge in [0.1, 0.15) is 17.2 Å². The molecule has 5 nitrogen and oxygen atoms in total. The number of alkyl halides is 3. The van der Waals surface area contributed by atoms with Gasteiger partial charge in [0.05, 0.1) is 10.6 Å². The second-order valence-electron chi connectivity index (χ2n) is 5.92. The van der Waals surface area contributed by atoms with Crippen molar-refractivity contribution in [1.29, 1.82) is 0 Å². The first-order valence-electron chi connectivity index (χ1n) is 7.80. The highest BCUT2D eigenvalue weighted by atomic mass is 32.2. The van der Waals surface area contributed by atoms with Crippen molar-refractivity contribution in [2.45, 2.75) is 24.9 Å². The fourth-order valence-corrected chi connectivity index (χ4v) is 3.55. The van der Waals surface area contributed by atoms with Crippen LogP contribution in [0.1, 0.15) is 17.0 Å². The van der Waals surface area contributed by atoms with Crippen LogP contribution in [0.15, 0.2) is 58.0 Å². The van der Waals surface area contributed by atoms with Gasteiger partial charge in [0.15, 0.2) is 0 Å². The summed E-state index contributed by atoms with van der Waals surface area (Å²) >= 11 is 0. The maximum absolute atomic E-state index is 12.8. The molecular formula is C18H15F3N2O3S. The van der Waals surface area contributed by atoms with Crippen molar-refractivity contribution in [3.05, 3.63) is 65.7 Å². The van der Waals surface area contributed by atoms with E-state index in [1.807, 2.05) is 0 Å². The molecule has 2 aromatic heterocycles. The smallest absolute Gasteiger partial charge is 0.433 e. The summed E-state index contributed by atoms with van der Waals surface area (Å²) in [6.45, 7) is 3.46. The highest BCUT2D eigenvalue weighted by molar-refractivity contribution is 7.92. The Morgan fingerprint density at radius 2 is 1.78 bits per heavy atom. The molecule has 1 aromatic carbocycles. The molecule has 1 N–H and O–H groups in total. The van der Waals surface area contributed by atoms with Gasteiger partial charge < -0.3 is 4.42 Å². The number of sulfonamides is 1. The summed E-state index contributed by atoms with van der Waals surface area (Å²) in [4.78, 5) is 2.65. The lowest BCUT2D eigenvalue weighted by Crippen LogP contribution is -2.16. The maximum atomic E-state index is 12.8. The molecular weight excluding hydrogens is 381 g/mol. The Kier molecular flexibility index (Phi) is 4.73. The number of aromatic nitrogens is 1. The van der Waals surface area contributed by atoms with E-state index in [-0.39, 0.29) is 5.69 Å². The molecule has 0 saturated carbocycles. The van der Waals surface area contributed by atoms with Crippen molar-refractivity contribution in [1.82, 2.24) is 4.98 Å². The number of rotatable bonds is 4. The molecule has 9 heteroatoms. The Morgan fingerprint density at radius 1 is 1.04 bits per heavy atom. The first-order valence-corrected chi connectivity index (χ1v) is 9.28. The lowest BCUT2D eigenvalue weighted by atomic mass is 10.1. The SMILES string of the molecule is Cc1ccc(-c2ccc(C)c(NS(=O)(=O)c3ccnc(C(F)(F)F)c3)c2)o1. The lowest BCUT2D eigenvalue weighted by molar-refractivity contribution is -0.141. The van der Waals surface area contributed by atoms with Gasteiger partial charge in [-0.1, -0.05) is 12.1 Å². The van der Waals surface area contributed by atoms with Gasteiger partial charge in [-0.2, -0.15) is 13.2 Å². The minimum Gasteiger partial charge on any atom is -0.461 e. The van der Waals surface area contributed by atoms with Crippen molar-refractivity contribution in [3.8, 4) is 11.3 Å². The number of furan rings is 1. The Morgan fingerprint density at radius 3 is 2.41 bits per heavy atom. The number of hydrogen-bond donors (Lipinski definition) is 1. The largest absolute Gasteiger partial charge is 0.461 e. The standard InChI is InChI=1S/C18H15F3N2O3S/c1-11-3-5-13(16-6-4-12(2)26-16)9-15(11)23-27(24,25)14-7-8-22-17(10-14)18(19,20)21/h3-10,23H,1-2H3. The Bertz CT molecular complexity index is 1090. The number of benzene rings is 1.